The lowest BCUT2D eigenvalue weighted by Gasteiger charge is -1.98. The van der Waals surface area contributed by atoms with Crippen molar-refractivity contribution >= 4 is 45.0 Å². The SMILES string of the molecule is O=C(O)CSc1ccc(N=Nc2ccc(Br)cc2)cc1. The monoisotopic (exact) mass is 350 g/mol. The van der Waals surface area contributed by atoms with Crippen LogP contribution < -0.4 is 0 Å². The van der Waals surface area contributed by atoms with Crippen LogP contribution in [0.15, 0.2) is 68.1 Å². The lowest BCUT2D eigenvalue weighted by atomic mass is 10.3. The van der Waals surface area contributed by atoms with Gasteiger partial charge in [-0.15, -0.1) is 11.8 Å². The molecule has 0 unspecified atom stereocenters. The Hall–Kier alpha value is -1.66. The third kappa shape index (κ3) is 4.79. The Morgan fingerprint density at radius 2 is 1.50 bits per heavy atom. The van der Waals surface area contributed by atoms with Crippen molar-refractivity contribution in [2.45, 2.75) is 4.90 Å². The quantitative estimate of drug-likeness (QED) is 0.606. The highest BCUT2D eigenvalue weighted by molar-refractivity contribution is 9.10. The summed E-state index contributed by atoms with van der Waals surface area (Å²) in [5.41, 5.74) is 1.50. The number of rotatable bonds is 5. The zero-order valence-electron chi connectivity index (χ0n) is 10.4. The zero-order valence-corrected chi connectivity index (χ0v) is 12.8. The van der Waals surface area contributed by atoms with Crippen LogP contribution >= 0.6 is 27.7 Å². The highest BCUT2D eigenvalue weighted by Gasteiger charge is 1.99. The molecule has 0 aliphatic heterocycles. The molecule has 20 heavy (non-hydrogen) atoms. The molecular formula is C14H11BrN2O2S. The second kappa shape index (κ2) is 7.21. The van der Waals surface area contributed by atoms with Crippen LogP contribution in [0.1, 0.15) is 0 Å². The second-order valence-corrected chi connectivity index (χ2v) is 5.82. The van der Waals surface area contributed by atoms with E-state index in [4.69, 9.17) is 5.11 Å². The number of aliphatic carboxylic acids is 1. The van der Waals surface area contributed by atoms with Crippen LogP contribution in [0.5, 0.6) is 0 Å². The first kappa shape index (κ1) is 14.7. The summed E-state index contributed by atoms with van der Waals surface area (Å²) in [4.78, 5) is 11.4. The molecule has 102 valence electrons. The van der Waals surface area contributed by atoms with E-state index >= 15 is 0 Å². The van der Waals surface area contributed by atoms with E-state index in [2.05, 4.69) is 26.2 Å². The molecule has 0 amide bonds. The molecule has 2 aromatic rings. The standard InChI is InChI=1S/C14H11BrN2O2S/c15-10-1-3-11(4-2-10)16-17-12-5-7-13(8-6-12)20-9-14(18)19/h1-8H,9H2,(H,18,19). The van der Waals surface area contributed by atoms with E-state index < -0.39 is 5.97 Å². The number of halogens is 1. The van der Waals surface area contributed by atoms with E-state index in [0.29, 0.717) is 0 Å². The largest absolute Gasteiger partial charge is 0.481 e. The van der Waals surface area contributed by atoms with E-state index in [0.717, 1.165) is 20.7 Å². The predicted molar refractivity (Wildman–Crippen MR) is 83.1 cm³/mol. The number of azo groups is 1. The topological polar surface area (TPSA) is 62.0 Å². The molecule has 0 aliphatic carbocycles. The van der Waals surface area contributed by atoms with Crippen LogP contribution in [0.4, 0.5) is 11.4 Å². The summed E-state index contributed by atoms with van der Waals surface area (Å²) < 4.78 is 0.997. The summed E-state index contributed by atoms with van der Waals surface area (Å²) in [7, 11) is 0. The van der Waals surface area contributed by atoms with Gasteiger partial charge in [0.1, 0.15) is 0 Å². The summed E-state index contributed by atoms with van der Waals surface area (Å²) in [6, 6.07) is 14.8. The molecule has 2 aromatic carbocycles. The zero-order chi connectivity index (χ0) is 14.4. The molecule has 0 heterocycles. The van der Waals surface area contributed by atoms with Crippen LogP contribution in [0.2, 0.25) is 0 Å². The third-order valence-electron chi connectivity index (χ3n) is 2.31. The maximum Gasteiger partial charge on any atom is 0.313 e. The van der Waals surface area contributed by atoms with Crippen molar-refractivity contribution in [3.63, 3.8) is 0 Å². The first-order valence-corrected chi connectivity index (χ1v) is 7.53. The molecule has 0 saturated heterocycles. The van der Waals surface area contributed by atoms with Gasteiger partial charge < -0.3 is 5.11 Å². The lowest BCUT2D eigenvalue weighted by Crippen LogP contribution is -1.96. The summed E-state index contributed by atoms with van der Waals surface area (Å²) in [6.45, 7) is 0. The number of carboxylic acid groups (broad SMARTS) is 1. The summed E-state index contributed by atoms with van der Waals surface area (Å²) in [5, 5.41) is 16.9. The van der Waals surface area contributed by atoms with Crippen LogP contribution in [0.3, 0.4) is 0 Å². The first-order chi connectivity index (χ1) is 9.63. The van der Waals surface area contributed by atoms with Gasteiger partial charge in [0.15, 0.2) is 0 Å². The van der Waals surface area contributed by atoms with Crippen LogP contribution in [0.25, 0.3) is 0 Å². The van der Waals surface area contributed by atoms with Crippen molar-refractivity contribution in [3.8, 4) is 0 Å². The van der Waals surface area contributed by atoms with E-state index in [9.17, 15) is 4.79 Å². The number of thioether (sulfide) groups is 1. The molecule has 0 spiro atoms. The molecule has 2 rings (SSSR count). The fourth-order valence-corrected chi connectivity index (χ4v) is 2.26. The number of hydrogen-bond donors (Lipinski definition) is 1. The van der Waals surface area contributed by atoms with E-state index in [1.807, 2.05) is 48.5 Å². The van der Waals surface area contributed by atoms with Gasteiger partial charge in [-0.25, -0.2) is 0 Å². The average Bonchev–Trinajstić information content (AvgIpc) is 2.45. The summed E-state index contributed by atoms with van der Waals surface area (Å²) in [6.07, 6.45) is 0. The van der Waals surface area contributed by atoms with Crippen LogP contribution in [-0.2, 0) is 4.79 Å². The molecule has 0 fully saturated rings. The molecule has 4 nitrogen and oxygen atoms in total. The molecule has 0 radical (unpaired) electrons. The van der Waals surface area contributed by atoms with Gasteiger partial charge in [-0.05, 0) is 48.5 Å². The Morgan fingerprint density at radius 3 is 2.00 bits per heavy atom. The lowest BCUT2D eigenvalue weighted by molar-refractivity contribution is -0.133. The molecule has 6 heteroatoms. The minimum absolute atomic E-state index is 0.0553. The maximum absolute atomic E-state index is 10.5. The van der Waals surface area contributed by atoms with Gasteiger partial charge in [-0.3, -0.25) is 4.79 Å². The minimum atomic E-state index is -0.825. The smallest absolute Gasteiger partial charge is 0.313 e. The van der Waals surface area contributed by atoms with Crippen molar-refractivity contribution in [2.75, 3.05) is 5.75 Å². The van der Waals surface area contributed by atoms with Crippen molar-refractivity contribution in [2.24, 2.45) is 10.2 Å². The van der Waals surface area contributed by atoms with Crippen molar-refractivity contribution in [1.82, 2.24) is 0 Å². The molecule has 0 aromatic heterocycles. The molecule has 1 N–H and O–H groups in total. The fourth-order valence-electron chi connectivity index (χ4n) is 1.38. The van der Waals surface area contributed by atoms with Crippen molar-refractivity contribution in [3.05, 3.63) is 53.0 Å². The van der Waals surface area contributed by atoms with Crippen molar-refractivity contribution in [1.29, 1.82) is 0 Å². The maximum atomic E-state index is 10.5. The normalized spacial score (nSPS) is 10.8. The van der Waals surface area contributed by atoms with Gasteiger partial charge >= 0.3 is 5.97 Å². The predicted octanol–water partition coefficient (Wildman–Crippen LogP) is 5.04. The molecule has 0 atom stereocenters. The second-order valence-electron chi connectivity index (χ2n) is 3.85. The van der Waals surface area contributed by atoms with Crippen molar-refractivity contribution < 1.29 is 9.90 Å². The van der Waals surface area contributed by atoms with E-state index in [1.165, 1.54) is 11.8 Å². The van der Waals surface area contributed by atoms with Gasteiger partial charge in [-0.1, -0.05) is 15.9 Å². The number of hydrogen-bond acceptors (Lipinski definition) is 4. The van der Waals surface area contributed by atoms with E-state index in [-0.39, 0.29) is 5.75 Å². The van der Waals surface area contributed by atoms with Crippen LogP contribution in [0, 0.1) is 0 Å². The minimum Gasteiger partial charge on any atom is -0.481 e. The van der Waals surface area contributed by atoms with Gasteiger partial charge in [0, 0.05) is 9.37 Å². The molecule has 0 saturated carbocycles. The van der Waals surface area contributed by atoms with E-state index in [1.54, 1.807) is 0 Å². The third-order valence-corrected chi connectivity index (χ3v) is 3.83. The Labute approximate surface area is 129 Å². The average molecular weight is 351 g/mol. The number of carbonyl (C=O) groups is 1. The Balaban J connectivity index is 1.99. The number of carboxylic acids is 1. The number of nitrogens with zero attached hydrogens (tertiary/aromatic N) is 2. The molecular weight excluding hydrogens is 340 g/mol. The Bertz CT molecular complexity index is 612. The highest BCUT2D eigenvalue weighted by atomic mass is 79.9. The summed E-state index contributed by atoms with van der Waals surface area (Å²) >= 11 is 4.63. The molecule has 0 aliphatic rings. The first-order valence-electron chi connectivity index (χ1n) is 5.75. The Morgan fingerprint density at radius 1 is 1.00 bits per heavy atom. The van der Waals surface area contributed by atoms with Gasteiger partial charge in [-0.2, -0.15) is 10.2 Å². The fraction of sp³-hybridized carbons (Fsp3) is 0.0714. The van der Waals surface area contributed by atoms with Gasteiger partial charge in [0.25, 0.3) is 0 Å². The highest BCUT2D eigenvalue weighted by Crippen LogP contribution is 2.24. The number of benzene rings is 2. The van der Waals surface area contributed by atoms with Gasteiger partial charge in [0.2, 0.25) is 0 Å². The Kier molecular flexibility index (Phi) is 5.31. The molecule has 0 bridgehead atoms. The summed E-state index contributed by atoms with van der Waals surface area (Å²) in [5.74, 6) is -0.770. The van der Waals surface area contributed by atoms with Crippen LogP contribution in [-0.4, -0.2) is 16.8 Å². The van der Waals surface area contributed by atoms with Gasteiger partial charge in [0.05, 0.1) is 17.1 Å².